The number of carboxylic acids is 4. The molecule has 0 saturated carbocycles. The van der Waals surface area contributed by atoms with Gasteiger partial charge >= 0.3 is 71.1 Å². The number of carbonyl (C=O) groups is 6. The van der Waals surface area contributed by atoms with Crippen LogP contribution in [0.15, 0.2) is 70.5 Å². The zero-order chi connectivity index (χ0) is 46.5. The molecule has 0 radical (unpaired) electrons. The Morgan fingerprint density at radius 3 is 1.25 bits per heavy atom. The smallest absolute Gasteiger partial charge is 0.550 e. The minimum atomic E-state index is -1.40. The van der Waals surface area contributed by atoms with Gasteiger partial charge < -0.3 is 68.9 Å². The first-order chi connectivity index (χ1) is 30.4. The van der Waals surface area contributed by atoms with Crippen molar-refractivity contribution in [1.82, 2.24) is 56.7 Å². The predicted octanol–water partition coefficient (Wildman–Crippen LogP) is -8.59. The van der Waals surface area contributed by atoms with E-state index in [1.165, 1.54) is 36.7 Å². The second-order valence-corrected chi connectivity index (χ2v) is 13.4. The van der Waals surface area contributed by atoms with Crippen LogP contribution in [0.3, 0.4) is 0 Å². The van der Waals surface area contributed by atoms with Crippen LogP contribution in [-0.2, 0) is 32.3 Å². The van der Waals surface area contributed by atoms with E-state index in [1.54, 1.807) is 24.3 Å². The number of benzene rings is 2. The Morgan fingerprint density at radius 1 is 0.597 bits per heavy atom. The fourth-order valence-electron chi connectivity index (χ4n) is 5.50. The van der Waals surface area contributed by atoms with Crippen molar-refractivity contribution in [3.8, 4) is 0 Å². The van der Waals surface area contributed by atoms with E-state index in [0.29, 0.717) is 22.8 Å². The van der Waals surface area contributed by atoms with E-state index >= 15 is 0 Å². The fraction of sp³-hybridized carbons (Fsp3) is 0.211. The van der Waals surface area contributed by atoms with E-state index < -0.39 is 71.7 Å². The van der Waals surface area contributed by atoms with Crippen molar-refractivity contribution in [2.45, 2.75) is 50.9 Å². The number of fused-ring (bicyclic) bond motifs is 2. The van der Waals surface area contributed by atoms with E-state index in [2.05, 4.69) is 61.1 Å². The first-order valence-electron chi connectivity index (χ1n) is 18.6. The number of hydrogen-bond acceptors (Lipinski definition) is 21. The summed E-state index contributed by atoms with van der Waals surface area (Å²) in [6.45, 7) is 0.450. The zero-order valence-corrected chi connectivity index (χ0v) is 39.7. The van der Waals surface area contributed by atoms with Gasteiger partial charge in [-0.05, 0) is 74.2 Å². The molecule has 2 aromatic carbocycles. The van der Waals surface area contributed by atoms with Crippen LogP contribution in [0.5, 0.6) is 0 Å². The third-order valence-corrected chi connectivity index (χ3v) is 8.69. The van der Waals surface area contributed by atoms with Gasteiger partial charge in [-0.25, -0.2) is 29.5 Å². The summed E-state index contributed by atoms with van der Waals surface area (Å²) in [5.74, 6) is -6.91. The number of amides is 2. The molecule has 0 fully saturated rings. The van der Waals surface area contributed by atoms with Gasteiger partial charge in [-0.2, -0.15) is 9.97 Å². The average Bonchev–Trinajstić information content (AvgIpc) is 3.25. The molecule has 29 heteroatoms. The van der Waals surface area contributed by atoms with Crippen molar-refractivity contribution in [3.05, 3.63) is 104 Å². The monoisotopic (exact) mass is 943 g/mol. The molecule has 0 aliphatic heterocycles. The molecule has 0 spiro atoms. The number of nitrogens with two attached hydrogens (primary N) is 2. The van der Waals surface area contributed by atoms with Gasteiger partial charge in [-0.1, -0.05) is 0 Å². The number of carbonyl (C=O) groups excluding carboxylic acids is 4. The van der Waals surface area contributed by atoms with Gasteiger partial charge in [0, 0.05) is 34.4 Å². The molecular formula is C38H39N15Na2O12. The van der Waals surface area contributed by atoms with Gasteiger partial charge in [0.05, 0.1) is 36.9 Å². The number of carboxylic acid groups (broad SMARTS) is 4. The van der Waals surface area contributed by atoms with E-state index in [4.69, 9.17) is 21.7 Å². The van der Waals surface area contributed by atoms with Crippen LogP contribution < -0.4 is 119 Å². The van der Waals surface area contributed by atoms with E-state index in [0.717, 1.165) is 0 Å². The van der Waals surface area contributed by atoms with Crippen molar-refractivity contribution in [3.63, 3.8) is 0 Å². The third kappa shape index (κ3) is 16.7. The van der Waals surface area contributed by atoms with Crippen LogP contribution in [0.4, 0.5) is 23.3 Å². The molecule has 0 saturated heterocycles. The topological polar surface area (TPSA) is 467 Å². The zero-order valence-electron chi connectivity index (χ0n) is 35.7. The molecular weight excluding hydrogens is 904 g/mol. The Labute approximate surface area is 420 Å². The molecule has 6 aromatic rings. The summed E-state index contributed by atoms with van der Waals surface area (Å²) in [5.41, 5.74) is 12.9. The quantitative estimate of drug-likeness (QED) is 0.0356. The van der Waals surface area contributed by atoms with Crippen molar-refractivity contribution in [1.29, 1.82) is 0 Å². The summed E-state index contributed by atoms with van der Waals surface area (Å²) in [6.07, 6.45) is 1.32. The van der Waals surface area contributed by atoms with Crippen LogP contribution in [0.1, 0.15) is 57.8 Å². The Balaban J connectivity index is 0.000000440. The van der Waals surface area contributed by atoms with Crippen molar-refractivity contribution in [2.24, 2.45) is 0 Å². The normalized spacial score (nSPS) is 11.1. The summed E-state index contributed by atoms with van der Waals surface area (Å²) >= 11 is 0. The first-order valence-corrected chi connectivity index (χ1v) is 18.6. The minimum absolute atomic E-state index is 0. The maximum absolute atomic E-state index is 12.3. The predicted molar refractivity (Wildman–Crippen MR) is 224 cm³/mol. The van der Waals surface area contributed by atoms with Crippen LogP contribution >= 0.6 is 0 Å². The number of nitrogens with zero attached hydrogens (tertiary/aromatic N) is 6. The first kappa shape index (κ1) is 56.0. The van der Waals surface area contributed by atoms with Crippen molar-refractivity contribution in [2.75, 3.05) is 22.1 Å². The van der Waals surface area contributed by atoms with Gasteiger partial charge in [-0.3, -0.25) is 29.1 Å². The second-order valence-electron chi connectivity index (χ2n) is 13.4. The maximum atomic E-state index is 12.3. The largest absolute Gasteiger partial charge is 1.00 e. The van der Waals surface area contributed by atoms with Gasteiger partial charge in [0.2, 0.25) is 11.9 Å². The maximum Gasteiger partial charge on any atom is 1.00 e. The molecule has 6 rings (SSSR count). The van der Waals surface area contributed by atoms with Crippen molar-refractivity contribution >= 4 is 81.3 Å². The number of anilines is 4. The van der Waals surface area contributed by atoms with Crippen LogP contribution in [0.2, 0.25) is 0 Å². The number of rotatable bonds is 18. The summed E-state index contributed by atoms with van der Waals surface area (Å²) in [4.78, 5) is 121. The van der Waals surface area contributed by atoms with Gasteiger partial charge in [0.15, 0.2) is 22.3 Å². The second kappa shape index (κ2) is 26.1. The molecule has 27 nitrogen and oxygen atoms in total. The summed E-state index contributed by atoms with van der Waals surface area (Å²) in [6, 6.07) is 9.56. The number of nitrogen functional groups attached to an aromatic ring is 2. The van der Waals surface area contributed by atoms with Crippen molar-refractivity contribution < 1.29 is 108 Å². The molecule has 2 atom stereocenters. The van der Waals surface area contributed by atoms with Gasteiger partial charge in [-0.15, -0.1) is 0 Å². The number of aromatic amines is 2. The molecule has 0 aliphatic rings. The molecule has 2 unspecified atom stereocenters. The molecule has 0 bridgehead atoms. The average molecular weight is 944 g/mol. The summed E-state index contributed by atoms with van der Waals surface area (Å²) in [7, 11) is 0. The standard InChI is InChI=1S/2C19H19N7O6.H3N.2Na/c2*20-19-25-15-14(17(30)26-19)23-11(8-22-15)7-21-10-3-1-9(2-4-10)16(29)24-12(18(31)32)5-6-13(27)28;;;/h2*1-4,8,12,21H,5-7H2,(H,24,29)(H,27,28)(H,31,32)(H3,20,22,25,26,30);1H3;;/q;;;2*+1/p-2. The molecule has 0 aliphatic carbocycles. The van der Waals surface area contributed by atoms with Gasteiger partial charge in [0.1, 0.15) is 12.1 Å². The van der Waals surface area contributed by atoms with E-state index in [1.807, 2.05) is 0 Å². The molecule has 15 N–H and O–H groups in total. The van der Waals surface area contributed by atoms with E-state index in [9.17, 15) is 48.6 Å². The Kier molecular flexibility index (Phi) is 21.8. The fourth-order valence-corrected chi connectivity index (χ4v) is 5.50. The number of H-pyrrole nitrogens is 2. The third-order valence-electron chi connectivity index (χ3n) is 8.69. The Hall–Kier alpha value is -7.14. The molecule has 340 valence electrons. The molecule has 67 heavy (non-hydrogen) atoms. The summed E-state index contributed by atoms with van der Waals surface area (Å²) in [5, 5.41) is 49.9. The SMILES string of the molecule is N.Nc1nc2ncc(CNc3ccc(C(=O)NC(CCC(=O)[O-])C(=O)O)cc3)nc2c(=O)[nH]1.Nc1nc2ncc(CNc3ccc(C(=O)NC(CCC(=O)[O-])C(=O)O)cc3)nc2c(=O)[nH]1.[Na+].[Na+]. The van der Waals surface area contributed by atoms with Crippen LogP contribution in [-0.4, -0.2) is 97.9 Å². The molecule has 4 aromatic heterocycles. The minimum Gasteiger partial charge on any atom is -0.550 e. The number of aliphatic carboxylic acids is 4. The molecule has 2 amide bonds. The molecule has 4 heterocycles. The number of aromatic nitrogens is 8. The Bertz CT molecular complexity index is 2660. The number of hydrogen-bond donors (Lipinski definition) is 11. The van der Waals surface area contributed by atoms with E-state index in [-0.39, 0.29) is 137 Å². The van der Waals surface area contributed by atoms with Crippen LogP contribution in [0, 0.1) is 0 Å². The summed E-state index contributed by atoms with van der Waals surface area (Å²) < 4.78 is 0. The Morgan fingerprint density at radius 2 is 0.940 bits per heavy atom. The van der Waals surface area contributed by atoms with Gasteiger partial charge in [0.25, 0.3) is 22.9 Å². The van der Waals surface area contributed by atoms with Crippen LogP contribution in [0.25, 0.3) is 22.3 Å². The number of nitrogens with one attached hydrogen (secondary N) is 6.